The van der Waals surface area contributed by atoms with Crippen molar-refractivity contribution in [1.29, 1.82) is 0 Å². The van der Waals surface area contributed by atoms with Gasteiger partial charge in [-0.05, 0) is 49.5 Å². The van der Waals surface area contributed by atoms with Crippen LogP contribution >= 0.6 is 0 Å². The summed E-state index contributed by atoms with van der Waals surface area (Å²) in [4.78, 5) is 12.6. The molecule has 0 saturated heterocycles. The van der Waals surface area contributed by atoms with Gasteiger partial charge in [-0.1, -0.05) is 36.8 Å². The highest BCUT2D eigenvalue weighted by molar-refractivity contribution is 5.89. The fourth-order valence-electron chi connectivity index (χ4n) is 4.02. The van der Waals surface area contributed by atoms with Gasteiger partial charge in [-0.15, -0.1) is 0 Å². The third-order valence-corrected chi connectivity index (χ3v) is 5.28. The lowest BCUT2D eigenvalue weighted by atomic mass is 9.79. The van der Waals surface area contributed by atoms with E-state index in [1.165, 1.54) is 25.7 Å². The number of fused-ring (bicyclic) bond motifs is 2. The molecule has 0 aromatic heterocycles. The molecule has 2 aliphatic carbocycles. The molecular weight excluding hydrogens is 234 g/mol. The fourth-order valence-corrected chi connectivity index (χ4v) is 4.02. The zero-order valence-electron chi connectivity index (χ0n) is 11.6. The SMILES string of the molecule is CC(N)(C(=O)CC1CC2CCC1C2)c1ccccc1. The van der Waals surface area contributed by atoms with E-state index in [1.807, 2.05) is 37.3 Å². The normalized spacial score (nSPS) is 32.2. The predicted molar refractivity (Wildman–Crippen MR) is 76.5 cm³/mol. The van der Waals surface area contributed by atoms with Crippen LogP contribution in [0.15, 0.2) is 30.3 Å². The van der Waals surface area contributed by atoms with Crippen molar-refractivity contribution in [1.82, 2.24) is 0 Å². The molecular formula is C17H23NO. The van der Waals surface area contributed by atoms with Gasteiger partial charge in [0.15, 0.2) is 5.78 Å². The monoisotopic (exact) mass is 257 g/mol. The molecule has 2 saturated carbocycles. The Morgan fingerprint density at radius 2 is 2.00 bits per heavy atom. The third-order valence-electron chi connectivity index (χ3n) is 5.28. The lowest BCUT2D eigenvalue weighted by Crippen LogP contribution is -2.43. The van der Waals surface area contributed by atoms with Crippen LogP contribution in [0.1, 0.15) is 44.6 Å². The van der Waals surface area contributed by atoms with E-state index in [9.17, 15) is 4.79 Å². The molecule has 2 bridgehead atoms. The van der Waals surface area contributed by atoms with Crippen LogP contribution in [0.5, 0.6) is 0 Å². The topological polar surface area (TPSA) is 43.1 Å². The number of nitrogens with two attached hydrogens (primary N) is 1. The summed E-state index contributed by atoms with van der Waals surface area (Å²) in [6.07, 6.45) is 5.98. The molecule has 19 heavy (non-hydrogen) atoms. The molecule has 3 rings (SSSR count). The summed E-state index contributed by atoms with van der Waals surface area (Å²) >= 11 is 0. The van der Waals surface area contributed by atoms with Crippen LogP contribution in [0, 0.1) is 17.8 Å². The lowest BCUT2D eigenvalue weighted by Gasteiger charge is -2.28. The van der Waals surface area contributed by atoms with Gasteiger partial charge in [0.1, 0.15) is 0 Å². The van der Waals surface area contributed by atoms with Crippen molar-refractivity contribution in [2.45, 2.75) is 44.6 Å². The Hall–Kier alpha value is -1.15. The quantitative estimate of drug-likeness (QED) is 0.899. The molecule has 4 atom stereocenters. The van der Waals surface area contributed by atoms with Gasteiger partial charge in [0.2, 0.25) is 0 Å². The number of carbonyl (C=O) groups excluding carboxylic acids is 1. The number of ketones is 1. The van der Waals surface area contributed by atoms with Crippen molar-refractivity contribution in [3.8, 4) is 0 Å². The molecule has 1 aromatic carbocycles. The summed E-state index contributed by atoms with van der Waals surface area (Å²) in [7, 11) is 0. The van der Waals surface area contributed by atoms with Crippen molar-refractivity contribution in [3.63, 3.8) is 0 Å². The predicted octanol–water partition coefficient (Wildman–Crippen LogP) is 3.26. The summed E-state index contributed by atoms with van der Waals surface area (Å²) in [5, 5.41) is 0. The minimum Gasteiger partial charge on any atom is -0.315 e. The number of hydrogen-bond donors (Lipinski definition) is 1. The summed E-state index contributed by atoms with van der Waals surface area (Å²) in [5.74, 6) is 2.48. The second-order valence-corrected chi connectivity index (χ2v) is 6.63. The van der Waals surface area contributed by atoms with Crippen molar-refractivity contribution >= 4 is 5.78 Å². The average Bonchev–Trinajstić information content (AvgIpc) is 3.02. The van der Waals surface area contributed by atoms with Crippen molar-refractivity contribution in [3.05, 3.63) is 35.9 Å². The largest absolute Gasteiger partial charge is 0.315 e. The Morgan fingerprint density at radius 1 is 1.26 bits per heavy atom. The van der Waals surface area contributed by atoms with Crippen LogP contribution in [0.2, 0.25) is 0 Å². The molecule has 102 valence electrons. The van der Waals surface area contributed by atoms with Crippen LogP contribution in [0.3, 0.4) is 0 Å². The molecule has 0 radical (unpaired) electrons. The number of rotatable bonds is 4. The second-order valence-electron chi connectivity index (χ2n) is 6.63. The standard InChI is InChI=1S/C17H23NO/c1-17(18,15-5-3-2-4-6-15)16(19)11-14-10-12-7-8-13(14)9-12/h2-6,12-14H,7-11,18H2,1H3. The van der Waals surface area contributed by atoms with E-state index in [-0.39, 0.29) is 5.78 Å². The van der Waals surface area contributed by atoms with Gasteiger partial charge < -0.3 is 5.73 Å². The van der Waals surface area contributed by atoms with Crippen LogP contribution in [-0.4, -0.2) is 5.78 Å². The van der Waals surface area contributed by atoms with E-state index in [0.29, 0.717) is 12.3 Å². The Balaban J connectivity index is 1.70. The molecule has 0 spiro atoms. The maximum atomic E-state index is 12.6. The summed E-state index contributed by atoms with van der Waals surface area (Å²) < 4.78 is 0. The minimum atomic E-state index is -0.830. The molecule has 1 aromatic rings. The fraction of sp³-hybridized carbons (Fsp3) is 0.588. The molecule has 2 N–H and O–H groups in total. The van der Waals surface area contributed by atoms with Crippen LogP contribution < -0.4 is 5.73 Å². The highest BCUT2D eigenvalue weighted by Gasteiger charge is 2.42. The van der Waals surface area contributed by atoms with Gasteiger partial charge in [0.25, 0.3) is 0 Å². The third kappa shape index (κ3) is 2.34. The van der Waals surface area contributed by atoms with Crippen molar-refractivity contribution in [2.24, 2.45) is 23.5 Å². The van der Waals surface area contributed by atoms with E-state index in [4.69, 9.17) is 5.73 Å². The van der Waals surface area contributed by atoms with Crippen molar-refractivity contribution < 1.29 is 4.79 Å². The number of benzene rings is 1. The first kappa shape index (κ1) is 12.9. The summed E-state index contributed by atoms with van der Waals surface area (Å²) in [5.41, 5.74) is 6.41. The Bertz CT molecular complexity index is 465. The molecule has 2 heteroatoms. The highest BCUT2D eigenvalue weighted by Crippen LogP contribution is 2.50. The van der Waals surface area contributed by atoms with Gasteiger partial charge in [-0.2, -0.15) is 0 Å². The summed E-state index contributed by atoms with van der Waals surface area (Å²) in [6.45, 7) is 1.86. The first-order valence-electron chi connectivity index (χ1n) is 7.45. The van der Waals surface area contributed by atoms with E-state index in [1.54, 1.807) is 0 Å². The lowest BCUT2D eigenvalue weighted by molar-refractivity contribution is -0.125. The van der Waals surface area contributed by atoms with Gasteiger partial charge in [0.05, 0.1) is 5.54 Å². The first-order chi connectivity index (χ1) is 9.07. The van der Waals surface area contributed by atoms with Gasteiger partial charge in [-0.25, -0.2) is 0 Å². The van der Waals surface area contributed by atoms with Crippen LogP contribution in [0.25, 0.3) is 0 Å². The van der Waals surface area contributed by atoms with Crippen LogP contribution in [-0.2, 0) is 10.3 Å². The zero-order valence-corrected chi connectivity index (χ0v) is 11.6. The highest BCUT2D eigenvalue weighted by atomic mass is 16.1. The first-order valence-corrected chi connectivity index (χ1v) is 7.45. The van der Waals surface area contributed by atoms with Gasteiger partial charge in [0, 0.05) is 6.42 Å². The minimum absolute atomic E-state index is 0.205. The Labute approximate surface area is 115 Å². The summed E-state index contributed by atoms with van der Waals surface area (Å²) in [6, 6.07) is 9.77. The van der Waals surface area contributed by atoms with E-state index in [2.05, 4.69) is 0 Å². The number of carbonyl (C=O) groups is 1. The van der Waals surface area contributed by atoms with E-state index in [0.717, 1.165) is 17.4 Å². The molecule has 2 aliphatic rings. The Kier molecular flexibility index (Phi) is 3.22. The average molecular weight is 257 g/mol. The molecule has 2 nitrogen and oxygen atoms in total. The Morgan fingerprint density at radius 3 is 2.58 bits per heavy atom. The molecule has 2 fully saturated rings. The smallest absolute Gasteiger partial charge is 0.157 e. The number of hydrogen-bond acceptors (Lipinski definition) is 2. The van der Waals surface area contributed by atoms with Gasteiger partial charge >= 0.3 is 0 Å². The van der Waals surface area contributed by atoms with E-state index < -0.39 is 5.54 Å². The maximum absolute atomic E-state index is 12.6. The van der Waals surface area contributed by atoms with Gasteiger partial charge in [-0.3, -0.25) is 4.79 Å². The maximum Gasteiger partial charge on any atom is 0.157 e. The number of Topliss-reactive ketones (excluding diaryl/α,β-unsaturated/α-hetero) is 1. The second kappa shape index (κ2) is 4.75. The van der Waals surface area contributed by atoms with Crippen molar-refractivity contribution in [2.75, 3.05) is 0 Å². The van der Waals surface area contributed by atoms with E-state index >= 15 is 0 Å². The zero-order chi connectivity index (χ0) is 13.5. The molecule has 0 aliphatic heterocycles. The molecule has 4 unspecified atom stereocenters. The molecule has 0 heterocycles. The molecule has 0 amide bonds. The van der Waals surface area contributed by atoms with Crippen LogP contribution in [0.4, 0.5) is 0 Å².